The van der Waals surface area contributed by atoms with Crippen LogP contribution in [0.1, 0.15) is 106 Å². The maximum absolute atomic E-state index is 13.7. The van der Waals surface area contributed by atoms with Crippen molar-refractivity contribution in [2.45, 2.75) is 136 Å². The Hall–Kier alpha value is -5.91. The lowest BCUT2D eigenvalue weighted by Crippen LogP contribution is -2.57. The normalized spacial score (nSPS) is 13.6. The molecule has 0 saturated carbocycles. The van der Waals surface area contributed by atoms with Crippen molar-refractivity contribution in [3.05, 3.63) is 0 Å². The van der Waals surface area contributed by atoms with E-state index in [1.54, 1.807) is 13.8 Å². The van der Waals surface area contributed by atoms with Gasteiger partial charge in [0.15, 0.2) is 0 Å². The molecule has 376 valence electrons. The van der Waals surface area contributed by atoms with Gasteiger partial charge in [0.1, 0.15) is 30.2 Å². The van der Waals surface area contributed by atoms with Crippen molar-refractivity contribution in [2.24, 2.45) is 35.0 Å². The first kappa shape index (κ1) is 60.1. The molecule has 16 N–H and O–H groups in total. The summed E-state index contributed by atoms with van der Waals surface area (Å²) in [6, 6.07) is -5.43. The first-order valence-corrected chi connectivity index (χ1v) is 22.6. The molecule has 0 aliphatic rings. The van der Waals surface area contributed by atoms with E-state index in [-0.39, 0.29) is 50.0 Å². The molecule has 24 heteroatoms. The summed E-state index contributed by atoms with van der Waals surface area (Å²) in [5.74, 6) is -7.96. The second kappa shape index (κ2) is 33.6. The van der Waals surface area contributed by atoms with Crippen molar-refractivity contribution < 1.29 is 52.7 Å². The van der Waals surface area contributed by atoms with Gasteiger partial charge in [-0.2, -0.15) is 0 Å². The molecule has 0 aromatic heterocycles. The molecule has 0 aliphatic carbocycles. The minimum absolute atomic E-state index is 0.0723. The Kier molecular flexibility index (Phi) is 30.5. The molecule has 0 saturated heterocycles. The number of rotatable bonds is 34. The lowest BCUT2D eigenvalue weighted by molar-refractivity contribution is -0.134. The fourth-order valence-electron chi connectivity index (χ4n) is 6.19. The summed E-state index contributed by atoms with van der Waals surface area (Å²) in [6.07, 6.45) is 3.32. The fraction of sp³-hybridized carbons (Fsp3) is 0.738. The van der Waals surface area contributed by atoms with Gasteiger partial charge in [-0.05, 0) is 82.2 Å². The van der Waals surface area contributed by atoms with E-state index in [1.165, 1.54) is 6.92 Å². The highest BCUT2D eigenvalue weighted by atomic mass is 16.2. The molecule has 0 spiro atoms. The Morgan fingerprint density at radius 3 is 1.27 bits per heavy atom. The number of carbonyl (C=O) groups excluding carboxylic acids is 11. The molecule has 0 unspecified atom stereocenters. The summed E-state index contributed by atoms with van der Waals surface area (Å²) in [7, 11) is 0. The zero-order valence-electron chi connectivity index (χ0n) is 39.7. The van der Waals surface area contributed by atoms with Crippen LogP contribution in [0.5, 0.6) is 0 Å². The summed E-state index contributed by atoms with van der Waals surface area (Å²) in [5, 5.41) is 24.9. The van der Waals surface area contributed by atoms with Crippen LogP contribution in [0.3, 0.4) is 0 Å². The van der Waals surface area contributed by atoms with E-state index in [0.29, 0.717) is 45.2 Å². The van der Waals surface area contributed by atoms with Gasteiger partial charge in [0.05, 0.1) is 32.7 Å². The molecule has 6 atom stereocenters. The molecular weight excluding hydrogens is 863 g/mol. The first-order valence-electron chi connectivity index (χ1n) is 22.6. The summed E-state index contributed by atoms with van der Waals surface area (Å²) < 4.78 is 0. The van der Waals surface area contributed by atoms with E-state index in [2.05, 4.69) is 53.2 Å². The van der Waals surface area contributed by atoms with Crippen LogP contribution in [0.2, 0.25) is 0 Å². The van der Waals surface area contributed by atoms with Crippen LogP contribution < -0.4 is 70.4 Å². The topological polar surface area (TPSA) is 386 Å². The van der Waals surface area contributed by atoms with Crippen molar-refractivity contribution in [1.29, 1.82) is 0 Å². The summed E-state index contributed by atoms with van der Waals surface area (Å²) in [6.45, 7) is 10.3. The highest BCUT2D eigenvalue weighted by Crippen LogP contribution is 2.10. The molecule has 0 bridgehead atoms. The second-order valence-corrected chi connectivity index (χ2v) is 16.9. The number of hydrogen-bond donors (Lipinski definition) is 13. The van der Waals surface area contributed by atoms with Gasteiger partial charge in [0, 0.05) is 6.92 Å². The number of nitrogens with two attached hydrogens (primary N) is 3. The van der Waals surface area contributed by atoms with E-state index >= 15 is 0 Å². The number of primary amides is 1. The van der Waals surface area contributed by atoms with Gasteiger partial charge >= 0.3 is 0 Å². The molecule has 0 rings (SSSR count). The molecular formula is C42H77N13O11. The molecule has 0 heterocycles. The van der Waals surface area contributed by atoms with Crippen molar-refractivity contribution in [3.8, 4) is 0 Å². The second-order valence-electron chi connectivity index (χ2n) is 16.9. The Bertz CT molecular complexity index is 1630. The zero-order valence-corrected chi connectivity index (χ0v) is 39.7. The Labute approximate surface area is 387 Å². The highest BCUT2D eigenvalue weighted by Gasteiger charge is 2.30. The van der Waals surface area contributed by atoms with Gasteiger partial charge in [-0.25, -0.2) is 0 Å². The van der Waals surface area contributed by atoms with Crippen LogP contribution >= 0.6 is 0 Å². The average Bonchev–Trinajstić information content (AvgIpc) is 3.25. The number of nitrogens with one attached hydrogen (secondary N) is 10. The van der Waals surface area contributed by atoms with E-state index in [9.17, 15) is 52.7 Å². The first-order chi connectivity index (χ1) is 31.0. The minimum atomic E-state index is -1.16. The van der Waals surface area contributed by atoms with Crippen molar-refractivity contribution in [2.75, 3.05) is 45.8 Å². The number of carbonyl (C=O) groups is 11. The van der Waals surface area contributed by atoms with E-state index in [4.69, 9.17) is 17.2 Å². The molecule has 0 radical (unpaired) electrons. The van der Waals surface area contributed by atoms with Crippen LogP contribution in [-0.2, 0) is 52.7 Å². The van der Waals surface area contributed by atoms with Gasteiger partial charge in [-0.15, -0.1) is 0 Å². The summed E-state index contributed by atoms with van der Waals surface area (Å²) >= 11 is 0. The van der Waals surface area contributed by atoms with Gasteiger partial charge in [-0.1, -0.05) is 48.0 Å². The van der Waals surface area contributed by atoms with Gasteiger partial charge < -0.3 is 70.4 Å². The molecule has 0 aromatic carbocycles. The maximum Gasteiger partial charge on any atom is 0.243 e. The Balaban J connectivity index is 5.65. The molecule has 11 amide bonds. The molecule has 0 fully saturated rings. The lowest BCUT2D eigenvalue weighted by Gasteiger charge is -2.25. The zero-order chi connectivity index (χ0) is 50.4. The van der Waals surface area contributed by atoms with Gasteiger partial charge in [0.25, 0.3) is 0 Å². The minimum Gasteiger partial charge on any atom is -0.368 e. The van der Waals surface area contributed by atoms with Crippen molar-refractivity contribution >= 4 is 65.0 Å². The smallest absolute Gasteiger partial charge is 0.243 e. The third-order valence-electron chi connectivity index (χ3n) is 9.95. The van der Waals surface area contributed by atoms with Crippen LogP contribution in [0.25, 0.3) is 0 Å². The molecule has 66 heavy (non-hydrogen) atoms. The molecule has 24 nitrogen and oxygen atoms in total. The summed E-state index contributed by atoms with van der Waals surface area (Å²) in [5.41, 5.74) is 16.5. The van der Waals surface area contributed by atoms with Crippen molar-refractivity contribution in [1.82, 2.24) is 53.2 Å². The number of amides is 11. The van der Waals surface area contributed by atoms with Crippen LogP contribution in [0.4, 0.5) is 0 Å². The monoisotopic (exact) mass is 940 g/mol. The van der Waals surface area contributed by atoms with Crippen LogP contribution in [0.15, 0.2) is 0 Å². The summed E-state index contributed by atoms with van der Waals surface area (Å²) in [4.78, 5) is 139. The Morgan fingerprint density at radius 2 is 0.833 bits per heavy atom. The standard InChI is InChI=1S/C42H77N13O11/c1-8-26(6)37(55-36(61)20-47-32(57)19-46-27(7)56)42(66)50-23-34(59)52-29(14-10-12-16-44)41(65)54-31(18-25(4)5)40(64)49-22-35(60)53-30(17-24(2)3)39(63)48-21-33(58)51-28(38(45)62)13-9-11-15-43/h24-26,28-31,37H,8-23,43-44H2,1-7H3,(H2,45,62)(H,46,56)(H,47,57)(H,48,63)(H,49,64)(H,50,66)(H,51,58)(H,52,59)(H,53,60)(H,54,65)(H,55,61)/t26-,28-,29-,30-,31-,37-/m0/s1. The quantitative estimate of drug-likeness (QED) is 0.0273. The van der Waals surface area contributed by atoms with E-state index < -0.39 is 121 Å². The van der Waals surface area contributed by atoms with E-state index in [1.807, 2.05) is 27.7 Å². The predicted molar refractivity (Wildman–Crippen MR) is 244 cm³/mol. The third-order valence-corrected chi connectivity index (χ3v) is 9.95. The Morgan fingerprint density at radius 1 is 0.439 bits per heavy atom. The van der Waals surface area contributed by atoms with Gasteiger partial charge in [-0.3, -0.25) is 52.7 Å². The SMILES string of the molecule is CC[C@H](C)[C@H](NC(=O)CNC(=O)CNC(C)=O)C(=O)NCC(=O)N[C@@H](CCCCN)C(=O)N[C@@H](CC(C)C)C(=O)NCC(=O)N[C@@H](CC(C)C)C(=O)NCC(=O)N[C@@H](CCCCN)C(N)=O. The highest BCUT2D eigenvalue weighted by molar-refractivity contribution is 5.96. The number of hydrogen-bond acceptors (Lipinski definition) is 13. The average molecular weight is 940 g/mol. The fourth-order valence-corrected chi connectivity index (χ4v) is 6.19. The maximum atomic E-state index is 13.7. The predicted octanol–water partition coefficient (Wildman–Crippen LogP) is -4.11. The third kappa shape index (κ3) is 27.4. The van der Waals surface area contributed by atoms with Crippen LogP contribution in [-0.4, -0.2) is 141 Å². The largest absolute Gasteiger partial charge is 0.368 e. The number of unbranched alkanes of at least 4 members (excludes halogenated alkanes) is 2. The van der Waals surface area contributed by atoms with E-state index in [0.717, 1.165) is 0 Å². The van der Waals surface area contributed by atoms with Gasteiger partial charge in [0.2, 0.25) is 65.0 Å². The molecule has 0 aliphatic heterocycles. The van der Waals surface area contributed by atoms with Crippen LogP contribution in [0, 0.1) is 17.8 Å². The molecule has 0 aromatic rings. The lowest BCUT2D eigenvalue weighted by atomic mass is 9.98. The van der Waals surface area contributed by atoms with Crippen molar-refractivity contribution in [3.63, 3.8) is 0 Å².